The first-order chi connectivity index (χ1) is 32.2. The maximum Gasteiger partial charge on any atom is 0.0541 e. The Kier molecular flexibility index (Phi) is 9.46. The number of nitrogens with zero attached hydrogens (tertiary/aromatic N) is 2. The van der Waals surface area contributed by atoms with Crippen molar-refractivity contribution in [2.45, 2.75) is 6.42 Å². The van der Waals surface area contributed by atoms with Crippen LogP contribution >= 0.6 is 0 Å². The molecule has 0 bridgehead atoms. The van der Waals surface area contributed by atoms with Crippen LogP contribution in [0.2, 0.25) is 0 Å². The molecule has 0 fully saturated rings. The Morgan fingerprint density at radius 1 is 0.262 bits per heavy atom. The average Bonchev–Trinajstić information content (AvgIpc) is 4.04. The van der Waals surface area contributed by atoms with Gasteiger partial charge in [-0.3, -0.25) is 0 Å². The largest absolute Gasteiger partial charge is 0.309 e. The summed E-state index contributed by atoms with van der Waals surface area (Å²) in [5.74, 6) is 0. The second-order valence-electron chi connectivity index (χ2n) is 16.9. The number of aromatic nitrogens is 2. The van der Waals surface area contributed by atoms with Gasteiger partial charge in [0.1, 0.15) is 0 Å². The van der Waals surface area contributed by atoms with Gasteiger partial charge >= 0.3 is 0 Å². The van der Waals surface area contributed by atoms with Gasteiger partial charge in [-0.1, -0.05) is 158 Å². The van der Waals surface area contributed by atoms with Gasteiger partial charge in [0.15, 0.2) is 0 Å². The number of hydrogen-bond donors (Lipinski definition) is 0. The minimum atomic E-state index is 0.924. The highest BCUT2D eigenvalue weighted by molar-refractivity contribution is 6.75. The maximum atomic E-state index is 4.00. The summed E-state index contributed by atoms with van der Waals surface area (Å²) in [6.07, 6.45) is 0.924. The third-order valence-corrected chi connectivity index (χ3v) is 13.3. The molecule has 13 rings (SSSR count). The van der Waals surface area contributed by atoms with Gasteiger partial charge in [0.2, 0.25) is 0 Å². The predicted octanol–water partition coefficient (Wildman–Crippen LogP) is 15.4. The third kappa shape index (κ3) is 6.52. The molecule has 1 aliphatic carbocycles. The van der Waals surface area contributed by atoms with Crippen LogP contribution in [0.1, 0.15) is 11.1 Å². The van der Waals surface area contributed by atoms with Crippen LogP contribution in [0.5, 0.6) is 0 Å². The van der Waals surface area contributed by atoms with Crippen LogP contribution in [0.4, 0.5) is 0 Å². The van der Waals surface area contributed by atoms with E-state index in [0.717, 1.165) is 6.42 Å². The van der Waals surface area contributed by atoms with E-state index >= 15 is 0 Å². The van der Waals surface area contributed by atoms with Gasteiger partial charge in [0.05, 0.1) is 22.1 Å². The van der Waals surface area contributed by atoms with E-state index in [4.69, 9.17) is 0 Å². The molecule has 1 aliphatic rings. The molecule has 0 aliphatic heterocycles. The molecular formula is C61H40B2N2. The van der Waals surface area contributed by atoms with Crippen LogP contribution in [-0.2, 0) is 6.42 Å². The molecule has 0 atom stereocenters. The summed E-state index contributed by atoms with van der Waals surface area (Å²) in [4.78, 5) is 0. The smallest absolute Gasteiger partial charge is 0.0541 e. The Morgan fingerprint density at radius 2 is 0.538 bits per heavy atom. The normalized spacial score (nSPS) is 11.8. The lowest BCUT2D eigenvalue weighted by atomic mass is 9.81. The molecule has 0 amide bonds. The zero-order chi connectivity index (χ0) is 43.4. The van der Waals surface area contributed by atoms with Gasteiger partial charge in [-0.25, -0.2) is 0 Å². The molecule has 10 aromatic carbocycles. The average molecular weight is 823 g/mol. The lowest BCUT2D eigenvalue weighted by molar-refractivity contribution is 1.17. The predicted molar refractivity (Wildman–Crippen MR) is 277 cm³/mol. The lowest BCUT2D eigenvalue weighted by Gasteiger charge is -2.13. The van der Waals surface area contributed by atoms with Crippen LogP contribution < -0.4 is 0 Å². The van der Waals surface area contributed by atoms with Crippen molar-refractivity contribution in [3.05, 3.63) is 242 Å². The van der Waals surface area contributed by atoms with Crippen LogP contribution in [0.15, 0.2) is 231 Å². The van der Waals surface area contributed by atoms with Crippen molar-refractivity contribution < 1.29 is 0 Å². The molecular weight excluding hydrogens is 782 g/mol. The Balaban J connectivity index is 0.00000219. The molecule has 65 heavy (non-hydrogen) atoms. The second kappa shape index (κ2) is 15.9. The number of benzene rings is 10. The first-order valence-electron chi connectivity index (χ1n) is 22.2. The summed E-state index contributed by atoms with van der Waals surface area (Å²) in [7, 11) is 8.00. The highest BCUT2D eigenvalue weighted by Gasteiger charge is 2.23. The fourth-order valence-electron chi connectivity index (χ4n) is 10.3. The number of fused-ring (bicyclic) bond motifs is 9. The van der Waals surface area contributed by atoms with E-state index in [2.05, 4.69) is 255 Å². The van der Waals surface area contributed by atoms with Crippen molar-refractivity contribution in [1.29, 1.82) is 0 Å². The van der Waals surface area contributed by atoms with Crippen LogP contribution in [-0.4, -0.2) is 24.6 Å². The molecule has 0 spiro atoms. The standard InChI is InChI=1S/C61H40N2.B2/c1-5-13-40(14-6-1)44-23-29-58-54(34-44)55-35-45(41-15-7-2-8-16-41)24-30-59(55)62(58)50-27-21-48-33-49-22-28-51(39-53(49)52(48)38-50)63-60-31-25-46(42-17-9-3-10-18-42)36-56(60)57-37-47(26-32-61(57)63)43-19-11-4-12-20-43;1-2/h1-32,34-39H,33H2;. The molecule has 0 saturated carbocycles. The lowest BCUT2D eigenvalue weighted by Crippen LogP contribution is -1.96. The van der Waals surface area contributed by atoms with Crippen molar-refractivity contribution in [1.82, 2.24) is 9.13 Å². The summed E-state index contributed by atoms with van der Waals surface area (Å²) < 4.78 is 4.94. The Labute approximate surface area is 381 Å². The maximum absolute atomic E-state index is 4.00. The van der Waals surface area contributed by atoms with Gasteiger partial charge in [0.25, 0.3) is 0 Å². The Bertz CT molecular complexity index is 3300. The second-order valence-corrected chi connectivity index (χ2v) is 16.9. The van der Waals surface area contributed by atoms with Crippen molar-refractivity contribution in [3.8, 4) is 67.0 Å². The molecule has 2 heterocycles. The minimum Gasteiger partial charge on any atom is -0.309 e. The summed E-state index contributed by atoms with van der Waals surface area (Å²) in [5, 5.41) is 5.02. The Hall–Kier alpha value is -8.07. The molecule has 0 saturated heterocycles. The third-order valence-electron chi connectivity index (χ3n) is 13.3. The quantitative estimate of drug-likeness (QED) is 0.148. The summed E-state index contributed by atoms with van der Waals surface area (Å²) >= 11 is 0. The SMILES string of the molecule is [B][B].c1ccc(-c2ccc3c(c2)c2cc(-c4ccccc4)ccc2n3-c2ccc3c(c2)-c2cc(-n4c5ccc(-c6ccccc6)cc5c5cc(-c6ccccc6)ccc54)ccc2C3)cc1. The Morgan fingerprint density at radius 3 is 0.815 bits per heavy atom. The van der Waals surface area contributed by atoms with E-state index in [0.29, 0.717) is 0 Å². The number of hydrogen-bond acceptors (Lipinski definition) is 0. The van der Waals surface area contributed by atoms with Crippen molar-refractivity contribution >= 4 is 59.1 Å². The fourth-order valence-corrected chi connectivity index (χ4v) is 10.3. The summed E-state index contributed by atoms with van der Waals surface area (Å²) in [6.45, 7) is 0. The first-order valence-corrected chi connectivity index (χ1v) is 22.2. The molecule has 12 aromatic rings. The topological polar surface area (TPSA) is 9.86 Å². The molecule has 2 aromatic heterocycles. The van der Waals surface area contributed by atoms with E-state index in [1.54, 1.807) is 0 Å². The number of rotatable bonds is 6. The molecule has 2 nitrogen and oxygen atoms in total. The van der Waals surface area contributed by atoms with Gasteiger partial charge in [-0.15, -0.1) is 0 Å². The molecule has 0 unspecified atom stereocenters. The summed E-state index contributed by atoms with van der Waals surface area (Å²) in [6, 6.07) is 85.0. The first kappa shape index (κ1) is 38.6. The molecule has 4 heteroatoms. The van der Waals surface area contributed by atoms with Crippen molar-refractivity contribution in [2.75, 3.05) is 0 Å². The monoisotopic (exact) mass is 822 g/mol. The minimum absolute atomic E-state index is 0.924. The zero-order valence-electron chi connectivity index (χ0n) is 35.7. The van der Waals surface area contributed by atoms with Crippen LogP contribution in [0.3, 0.4) is 0 Å². The van der Waals surface area contributed by atoms with Crippen molar-refractivity contribution in [3.63, 3.8) is 0 Å². The van der Waals surface area contributed by atoms with E-state index < -0.39 is 0 Å². The van der Waals surface area contributed by atoms with Crippen molar-refractivity contribution in [2.24, 2.45) is 0 Å². The fraction of sp³-hybridized carbons (Fsp3) is 0.0164. The molecule has 300 valence electrons. The zero-order valence-corrected chi connectivity index (χ0v) is 35.7. The van der Waals surface area contributed by atoms with Gasteiger partial charge < -0.3 is 9.13 Å². The molecule has 4 radical (unpaired) electrons. The van der Waals surface area contributed by atoms with Gasteiger partial charge in [-0.2, -0.15) is 0 Å². The van der Waals surface area contributed by atoms with E-state index in [1.165, 1.54) is 122 Å². The van der Waals surface area contributed by atoms with Gasteiger partial charge in [0, 0.05) is 48.4 Å². The van der Waals surface area contributed by atoms with Gasteiger partial charge in [-0.05, 0) is 146 Å². The van der Waals surface area contributed by atoms with E-state index in [1.807, 2.05) is 0 Å². The van der Waals surface area contributed by atoms with E-state index in [-0.39, 0.29) is 0 Å². The highest BCUT2D eigenvalue weighted by atomic mass is 15.0. The summed E-state index contributed by atoms with van der Waals surface area (Å²) in [5.41, 5.74) is 22.3. The van der Waals surface area contributed by atoms with E-state index in [9.17, 15) is 0 Å². The van der Waals surface area contributed by atoms with Crippen LogP contribution in [0.25, 0.3) is 111 Å². The van der Waals surface area contributed by atoms with Crippen LogP contribution in [0, 0.1) is 0 Å². The highest BCUT2D eigenvalue weighted by Crippen LogP contribution is 2.44. The molecule has 0 N–H and O–H groups in total.